The molecule has 0 aliphatic rings. The Balaban J connectivity index is 1.60. The number of hydrogen-bond acceptors (Lipinski definition) is 0. The normalized spacial score (nSPS) is 13.1. The lowest BCUT2D eigenvalue weighted by molar-refractivity contribution is 0.579. The van der Waals surface area contributed by atoms with Crippen molar-refractivity contribution in [3.8, 4) is 0 Å². The Bertz CT molecular complexity index is 1740. The Morgan fingerprint density at radius 3 is 1.97 bits per heavy atom. The summed E-state index contributed by atoms with van der Waals surface area (Å²) >= 11 is 0. The summed E-state index contributed by atoms with van der Waals surface area (Å²) in [5.74, 6) is 0. The fourth-order valence-corrected chi connectivity index (χ4v) is 6.47. The molecule has 0 amide bonds. The number of para-hydroxylation sites is 2. The van der Waals surface area contributed by atoms with Gasteiger partial charge in [-0.1, -0.05) is 54.1 Å². The molecule has 0 saturated heterocycles. The van der Waals surface area contributed by atoms with E-state index in [-0.39, 0.29) is 0 Å². The molecule has 0 saturated carbocycles. The van der Waals surface area contributed by atoms with E-state index in [4.69, 9.17) is 0 Å². The average Bonchev–Trinajstić information content (AvgIpc) is 3.32. The Labute approximate surface area is 207 Å². The van der Waals surface area contributed by atoms with Gasteiger partial charge in [0.1, 0.15) is 0 Å². The molecule has 2 heterocycles. The van der Waals surface area contributed by atoms with Gasteiger partial charge in [-0.3, -0.25) is 0 Å². The summed E-state index contributed by atoms with van der Waals surface area (Å²) in [6.07, 6.45) is 0.991. The van der Waals surface area contributed by atoms with Gasteiger partial charge < -0.3 is 9.13 Å². The van der Waals surface area contributed by atoms with Crippen molar-refractivity contribution in [3.05, 3.63) is 95.1 Å². The van der Waals surface area contributed by atoms with Gasteiger partial charge >= 0.3 is 0 Å². The van der Waals surface area contributed by atoms with Gasteiger partial charge in [0.05, 0.1) is 5.52 Å². The van der Waals surface area contributed by atoms with E-state index in [9.17, 15) is 0 Å². The molecule has 1 unspecified atom stereocenters. The molecule has 6 aromatic rings. The second-order valence-corrected chi connectivity index (χ2v) is 10.7. The lowest BCUT2D eigenvalue weighted by Crippen LogP contribution is -2.09. The first-order valence-corrected chi connectivity index (χ1v) is 12.9. The first kappa shape index (κ1) is 22.0. The summed E-state index contributed by atoms with van der Waals surface area (Å²) < 4.78 is 5.11. The highest BCUT2D eigenvalue weighted by Crippen LogP contribution is 2.39. The van der Waals surface area contributed by atoms with Gasteiger partial charge in [-0.05, 0) is 88.9 Å². The molecule has 1 atom stereocenters. The van der Waals surface area contributed by atoms with Gasteiger partial charge in [0, 0.05) is 50.2 Å². The Morgan fingerprint density at radius 1 is 0.629 bits per heavy atom. The Hall–Kier alpha value is -3.52. The van der Waals surface area contributed by atoms with E-state index in [1.54, 1.807) is 0 Å². The van der Waals surface area contributed by atoms with Crippen LogP contribution in [0.4, 0.5) is 0 Å². The summed E-state index contributed by atoms with van der Waals surface area (Å²) in [6.45, 7) is 13.7. The van der Waals surface area contributed by atoms with E-state index in [2.05, 4.69) is 123 Å². The van der Waals surface area contributed by atoms with Gasteiger partial charge in [0.2, 0.25) is 0 Å². The minimum atomic E-state index is 0.324. The van der Waals surface area contributed by atoms with Gasteiger partial charge in [-0.15, -0.1) is 0 Å². The minimum Gasteiger partial charge on any atom is -0.338 e. The quantitative estimate of drug-likeness (QED) is 0.249. The Morgan fingerprint density at radius 2 is 1.26 bits per heavy atom. The van der Waals surface area contributed by atoms with Crippen molar-refractivity contribution >= 4 is 43.6 Å². The van der Waals surface area contributed by atoms with Crippen LogP contribution < -0.4 is 0 Å². The third kappa shape index (κ3) is 3.31. The zero-order valence-electron chi connectivity index (χ0n) is 21.7. The number of rotatable bonds is 4. The second kappa shape index (κ2) is 8.02. The van der Waals surface area contributed by atoms with Crippen LogP contribution in [0.5, 0.6) is 0 Å². The van der Waals surface area contributed by atoms with Crippen LogP contribution in [0.3, 0.4) is 0 Å². The van der Waals surface area contributed by atoms with Crippen molar-refractivity contribution in [1.82, 2.24) is 9.13 Å². The minimum absolute atomic E-state index is 0.324. The zero-order chi connectivity index (χ0) is 24.4. The van der Waals surface area contributed by atoms with Crippen LogP contribution in [0.1, 0.15) is 55.1 Å². The highest BCUT2D eigenvalue weighted by atomic mass is 15.0. The number of aromatic nitrogens is 2. The molecular weight excluding hydrogens is 424 g/mol. The third-order valence-electron chi connectivity index (χ3n) is 7.65. The van der Waals surface area contributed by atoms with E-state index < -0.39 is 0 Å². The van der Waals surface area contributed by atoms with E-state index in [1.165, 1.54) is 65.9 Å². The number of nitrogens with zero attached hydrogens (tertiary/aromatic N) is 2. The molecule has 0 N–H and O–H groups in total. The van der Waals surface area contributed by atoms with Crippen LogP contribution in [-0.2, 0) is 6.42 Å². The average molecular weight is 459 g/mol. The van der Waals surface area contributed by atoms with Crippen LogP contribution in [0, 0.1) is 20.8 Å². The van der Waals surface area contributed by atoms with E-state index in [1.807, 2.05) is 0 Å². The fourth-order valence-electron chi connectivity index (χ4n) is 6.47. The monoisotopic (exact) mass is 458 g/mol. The predicted molar refractivity (Wildman–Crippen MR) is 152 cm³/mol. The van der Waals surface area contributed by atoms with Crippen molar-refractivity contribution in [2.24, 2.45) is 0 Å². The van der Waals surface area contributed by atoms with Crippen molar-refractivity contribution < 1.29 is 0 Å². The van der Waals surface area contributed by atoms with Crippen molar-refractivity contribution in [1.29, 1.82) is 0 Å². The first-order valence-electron chi connectivity index (χ1n) is 12.9. The molecule has 0 radical (unpaired) electrons. The van der Waals surface area contributed by atoms with E-state index in [0.717, 1.165) is 6.42 Å². The summed E-state index contributed by atoms with van der Waals surface area (Å²) in [5.41, 5.74) is 10.9. The van der Waals surface area contributed by atoms with Crippen LogP contribution in [-0.4, -0.2) is 9.13 Å². The molecule has 4 aromatic carbocycles. The maximum Gasteiger partial charge on any atom is 0.0523 e. The largest absolute Gasteiger partial charge is 0.338 e. The lowest BCUT2D eigenvalue weighted by atomic mass is 9.98. The molecule has 2 heteroatoms. The molecule has 0 spiro atoms. The third-order valence-corrected chi connectivity index (χ3v) is 7.65. The molecule has 176 valence electrons. The molecule has 35 heavy (non-hydrogen) atoms. The molecule has 0 bridgehead atoms. The zero-order valence-corrected chi connectivity index (χ0v) is 21.7. The maximum atomic E-state index is 2.59. The molecule has 2 nitrogen and oxygen atoms in total. The Kier molecular flexibility index (Phi) is 5.03. The highest BCUT2D eigenvalue weighted by molar-refractivity contribution is 6.11. The smallest absolute Gasteiger partial charge is 0.0523 e. The van der Waals surface area contributed by atoms with Gasteiger partial charge in [0.15, 0.2) is 0 Å². The molecule has 0 aliphatic carbocycles. The van der Waals surface area contributed by atoms with Crippen LogP contribution >= 0.6 is 0 Å². The number of benzene rings is 4. The highest BCUT2D eigenvalue weighted by Gasteiger charge is 2.21. The second-order valence-electron chi connectivity index (χ2n) is 10.7. The van der Waals surface area contributed by atoms with Crippen LogP contribution in [0.25, 0.3) is 43.6 Å². The summed E-state index contributed by atoms with van der Waals surface area (Å²) in [4.78, 5) is 0. The molecule has 0 aliphatic heterocycles. The van der Waals surface area contributed by atoms with Crippen LogP contribution in [0.15, 0.2) is 72.8 Å². The van der Waals surface area contributed by atoms with Crippen LogP contribution in [0.2, 0.25) is 0 Å². The molecule has 2 aromatic heterocycles. The summed E-state index contributed by atoms with van der Waals surface area (Å²) in [7, 11) is 0. The van der Waals surface area contributed by atoms with Gasteiger partial charge in [-0.25, -0.2) is 0 Å². The van der Waals surface area contributed by atoms with Gasteiger partial charge in [-0.2, -0.15) is 0 Å². The van der Waals surface area contributed by atoms with Crippen molar-refractivity contribution in [3.63, 3.8) is 0 Å². The predicted octanol–water partition coefficient (Wildman–Crippen LogP) is 9.21. The summed E-state index contributed by atoms with van der Waals surface area (Å²) in [6, 6.07) is 28.0. The molecule has 6 rings (SSSR count). The first-order chi connectivity index (χ1) is 16.8. The van der Waals surface area contributed by atoms with Crippen molar-refractivity contribution in [2.45, 2.75) is 60.0 Å². The summed E-state index contributed by atoms with van der Waals surface area (Å²) in [5, 5.41) is 5.51. The number of hydrogen-bond donors (Lipinski definition) is 0. The number of aryl methyl sites for hydroxylation is 3. The standard InChI is InChI=1S/C33H34N2/c1-20(2)34-30-14-10-8-12-27(30)32-25(16-22(4)18-31(32)34)19-24(6)35-29-13-9-7-11-26(29)28-17-21(3)15-23(5)33(28)35/h7-18,20,24H,19H2,1-6H3. The lowest BCUT2D eigenvalue weighted by Gasteiger charge is -2.20. The SMILES string of the molecule is Cc1cc(C)c2c(c1)c1ccccc1n2C(C)Cc1cc(C)cc2c1c1ccccc1n2C(C)C. The topological polar surface area (TPSA) is 9.86 Å². The molecular formula is C33H34N2. The fraction of sp³-hybridized carbons (Fsp3) is 0.273. The number of fused-ring (bicyclic) bond motifs is 6. The molecule has 0 fully saturated rings. The van der Waals surface area contributed by atoms with Gasteiger partial charge in [0.25, 0.3) is 0 Å². The van der Waals surface area contributed by atoms with E-state index in [0.29, 0.717) is 12.1 Å². The van der Waals surface area contributed by atoms with E-state index >= 15 is 0 Å². The van der Waals surface area contributed by atoms with Crippen molar-refractivity contribution in [2.75, 3.05) is 0 Å². The maximum absolute atomic E-state index is 2.59.